The van der Waals surface area contributed by atoms with E-state index in [0.29, 0.717) is 6.61 Å². The van der Waals surface area contributed by atoms with Crippen LogP contribution >= 0.6 is 11.3 Å². The van der Waals surface area contributed by atoms with E-state index in [-0.39, 0.29) is 11.8 Å². The maximum atomic E-state index is 7.65. The first-order chi connectivity index (χ1) is 9.88. The Morgan fingerprint density at radius 1 is 1.38 bits per heavy atom. The molecule has 5 heteroatoms. The van der Waals surface area contributed by atoms with Crippen LogP contribution in [0.2, 0.25) is 0 Å². The normalized spacial score (nSPS) is 10.9. The van der Waals surface area contributed by atoms with Gasteiger partial charge in [0, 0.05) is 0 Å². The molecule has 2 rings (SSSR count). The lowest BCUT2D eigenvalue weighted by Gasteiger charge is -2.08. The van der Waals surface area contributed by atoms with Crippen molar-refractivity contribution in [3.8, 4) is 5.75 Å². The largest absolute Gasteiger partial charge is 0.486 e. The second-order valence-corrected chi connectivity index (χ2v) is 6.53. The highest BCUT2D eigenvalue weighted by molar-refractivity contribution is 7.13. The molecule has 0 atom stereocenters. The molecule has 0 saturated heterocycles. The molecule has 2 aromatic rings. The van der Waals surface area contributed by atoms with Crippen molar-refractivity contribution in [1.82, 2.24) is 4.98 Å². The molecular weight excluding hydrogens is 282 g/mol. The molecule has 112 valence electrons. The first kappa shape index (κ1) is 15.5. The van der Waals surface area contributed by atoms with Gasteiger partial charge in [-0.15, -0.1) is 11.3 Å². The van der Waals surface area contributed by atoms with Crippen molar-refractivity contribution in [2.24, 2.45) is 5.73 Å². The van der Waals surface area contributed by atoms with Crippen LogP contribution in [0.25, 0.3) is 0 Å². The van der Waals surface area contributed by atoms with E-state index >= 15 is 0 Å². The minimum Gasteiger partial charge on any atom is -0.486 e. The van der Waals surface area contributed by atoms with Gasteiger partial charge < -0.3 is 10.5 Å². The summed E-state index contributed by atoms with van der Waals surface area (Å²) in [4.78, 5) is 5.33. The highest BCUT2D eigenvalue weighted by Crippen LogP contribution is 2.26. The molecule has 21 heavy (non-hydrogen) atoms. The Labute approximate surface area is 129 Å². The predicted octanol–water partition coefficient (Wildman–Crippen LogP) is 3.75. The van der Waals surface area contributed by atoms with Gasteiger partial charge in [0.15, 0.2) is 0 Å². The molecule has 0 spiro atoms. The summed E-state index contributed by atoms with van der Waals surface area (Å²) in [6.07, 6.45) is 0. The zero-order valence-electron chi connectivity index (χ0n) is 12.9. The molecule has 4 nitrogen and oxygen atoms in total. The number of nitrogens with two attached hydrogens (primary N) is 1. The van der Waals surface area contributed by atoms with Crippen LogP contribution in [0.4, 0.5) is 0 Å². The Kier molecular flexibility index (Phi) is 4.63. The molecule has 1 heterocycles. The number of thiazole rings is 1. The number of aryl methyl sites for hydroxylation is 2. The van der Waals surface area contributed by atoms with Crippen molar-refractivity contribution in [3.63, 3.8) is 0 Å². The lowest BCUT2D eigenvalue weighted by molar-refractivity contribution is 0.303. The number of nitrogens with one attached hydrogen (secondary N) is 1. The maximum Gasteiger partial charge on any atom is 0.140 e. The fourth-order valence-electron chi connectivity index (χ4n) is 2.03. The fourth-order valence-corrected chi connectivity index (χ4v) is 3.02. The average molecular weight is 303 g/mol. The topological polar surface area (TPSA) is 72.0 Å². The first-order valence-electron chi connectivity index (χ1n) is 6.92. The van der Waals surface area contributed by atoms with E-state index in [1.165, 1.54) is 16.9 Å². The van der Waals surface area contributed by atoms with Gasteiger partial charge in [-0.3, -0.25) is 5.41 Å². The van der Waals surface area contributed by atoms with Crippen molar-refractivity contribution < 1.29 is 4.74 Å². The number of hydrogen-bond acceptors (Lipinski definition) is 4. The van der Waals surface area contributed by atoms with Gasteiger partial charge in [0.1, 0.15) is 23.2 Å². The van der Waals surface area contributed by atoms with Crippen LogP contribution in [0.5, 0.6) is 5.75 Å². The second kappa shape index (κ2) is 6.26. The fraction of sp³-hybridized carbons (Fsp3) is 0.375. The van der Waals surface area contributed by atoms with Crippen LogP contribution in [0.15, 0.2) is 18.2 Å². The number of benzene rings is 1. The maximum absolute atomic E-state index is 7.65. The summed E-state index contributed by atoms with van der Waals surface area (Å²) in [5.41, 5.74) is 8.78. The Morgan fingerprint density at radius 2 is 2.10 bits per heavy atom. The molecule has 0 unspecified atom stereocenters. The van der Waals surface area contributed by atoms with Crippen LogP contribution in [0.3, 0.4) is 0 Å². The van der Waals surface area contributed by atoms with Crippen LogP contribution in [0.1, 0.15) is 46.5 Å². The third-order valence-corrected chi connectivity index (χ3v) is 4.26. The van der Waals surface area contributed by atoms with Gasteiger partial charge in [0.2, 0.25) is 0 Å². The number of rotatable bonds is 5. The van der Waals surface area contributed by atoms with E-state index in [1.807, 2.05) is 26.0 Å². The van der Waals surface area contributed by atoms with Gasteiger partial charge in [-0.2, -0.15) is 0 Å². The third-order valence-electron chi connectivity index (χ3n) is 3.18. The van der Waals surface area contributed by atoms with Gasteiger partial charge in [-0.25, -0.2) is 4.98 Å². The molecule has 1 aromatic heterocycles. The number of nitrogens with zero attached hydrogens (tertiary/aromatic N) is 1. The second-order valence-electron chi connectivity index (χ2n) is 5.45. The quantitative estimate of drug-likeness (QED) is 0.652. The predicted molar refractivity (Wildman–Crippen MR) is 87.5 cm³/mol. The molecule has 0 saturated carbocycles. The lowest BCUT2D eigenvalue weighted by atomic mass is 10.1. The van der Waals surface area contributed by atoms with Crippen molar-refractivity contribution in [3.05, 3.63) is 44.9 Å². The Balaban J connectivity index is 2.19. The highest BCUT2D eigenvalue weighted by atomic mass is 32.1. The van der Waals surface area contributed by atoms with Crippen molar-refractivity contribution >= 4 is 17.2 Å². The van der Waals surface area contributed by atoms with E-state index in [1.54, 1.807) is 0 Å². The summed E-state index contributed by atoms with van der Waals surface area (Å²) in [5, 5.41) is 8.50. The number of nitrogen functional groups attached to an aromatic ring is 1. The van der Waals surface area contributed by atoms with Crippen LogP contribution < -0.4 is 10.5 Å². The molecule has 0 aliphatic heterocycles. The minimum absolute atomic E-state index is 0.0780. The monoisotopic (exact) mass is 303 g/mol. The van der Waals surface area contributed by atoms with Gasteiger partial charge in [-0.05, 0) is 37.0 Å². The number of ether oxygens (including phenoxy) is 1. The van der Waals surface area contributed by atoms with E-state index in [9.17, 15) is 0 Å². The third kappa shape index (κ3) is 3.61. The molecule has 0 bridgehead atoms. The van der Waals surface area contributed by atoms with Gasteiger partial charge >= 0.3 is 0 Å². The number of aromatic nitrogens is 1. The van der Waals surface area contributed by atoms with Gasteiger partial charge in [0.25, 0.3) is 0 Å². The standard InChI is InChI=1S/C16H21N3OS/c1-9(2)14-15(16(17)18)21-13(19-14)8-20-12-7-10(3)5-6-11(12)4/h5-7,9H,8H2,1-4H3,(H3,17,18). The molecule has 0 aliphatic carbocycles. The molecule has 0 amide bonds. The Hall–Kier alpha value is -1.88. The van der Waals surface area contributed by atoms with E-state index in [2.05, 4.69) is 24.9 Å². The first-order valence-corrected chi connectivity index (χ1v) is 7.74. The number of amidine groups is 1. The lowest BCUT2D eigenvalue weighted by Crippen LogP contribution is -2.12. The van der Waals surface area contributed by atoms with Gasteiger partial charge in [0.05, 0.1) is 10.6 Å². The van der Waals surface area contributed by atoms with Crippen LogP contribution in [0, 0.1) is 19.3 Å². The van der Waals surface area contributed by atoms with Gasteiger partial charge in [-0.1, -0.05) is 26.0 Å². The molecule has 1 aromatic carbocycles. The summed E-state index contributed by atoms with van der Waals surface area (Å²) in [6.45, 7) is 8.58. The zero-order valence-corrected chi connectivity index (χ0v) is 13.7. The average Bonchev–Trinajstić information content (AvgIpc) is 2.84. The molecule has 3 N–H and O–H groups in total. The van der Waals surface area contributed by atoms with E-state index in [4.69, 9.17) is 15.9 Å². The van der Waals surface area contributed by atoms with E-state index < -0.39 is 0 Å². The van der Waals surface area contributed by atoms with Crippen molar-refractivity contribution in [2.45, 2.75) is 40.2 Å². The smallest absolute Gasteiger partial charge is 0.140 e. The van der Waals surface area contributed by atoms with Crippen molar-refractivity contribution in [1.29, 1.82) is 5.41 Å². The summed E-state index contributed by atoms with van der Waals surface area (Å²) in [7, 11) is 0. The van der Waals surface area contributed by atoms with Crippen LogP contribution in [-0.4, -0.2) is 10.8 Å². The van der Waals surface area contributed by atoms with E-state index in [0.717, 1.165) is 26.9 Å². The summed E-state index contributed by atoms with van der Waals surface area (Å²) < 4.78 is 5.87. The molecule has 0 fully saturated rings. The Bertz CT molecular complexity index is 662. The van der Waals surface area contributed by atoms with Crippen molar-refractivity contribution in [2.75, 3.05) is 0 Å². The summed E-state index contributed by atoms with van der Waals surface area (Å²) >= 11 is 1.44. The molecular formula is C16H21N3OS. The summed E-state index contributed by atoms with van der Waals surface area (Å²) in [6, 6.07) is 6.14. The minimum atomic E-state index is 0.0780. The SMILES string of the molecule is Cc1ccc(C)c(OCc2nc(C(C)C)c(C(=N)N)s2)c1. The Morgan fingerprint density at radius 3 is 2.67 bits per heavy atom. The van der Waals surface area contributed by atoms with Crippen LogP contribution in [-0.2, 0) is 6.61 Å². The zero-order chi connectivity index (χ0) is 15.6. The molecule has 0 aliphatic rings. The number of hydrogen-bond donors (Lipinski definition) is 2. The summed E-state index contributed by atoms with van der Waals surface area (Å²) in [5.74, 6) is 1.20. The highest BCUT2D eigenvalue weighted by Gasteiger charge is 2.16. The molecule has 0 radical (unpaired) electrons.